The van der Waals surface area contributed by atoms with E-state index in [0.29, 0.717) is 33.4 Å². The highest BCUT2D eigenvalue weighted by Gasteiger charge is 2.30. The minimum Gasteiger partial charge on any atom is -0.495 e. The average molecular weight is 353 g/mol. The van der Waals surface area contributed by atoms with Crippen LogP contribution in [-0.4, -0.2) is 17.1 Å². The largest absolute Gasteiger partial charge is 0.495 e. The Bertz CT molecular complexity index is 877. The summed E-state index contributed by atoms with van der Waals surface area (Å²) in [5.74, 6) is 1.11. The number of imidazole rings is 1. The molecule has 126 valence electrons. The minimum atomic E-state index is -4.37. The van der Waals surface area contributed by atoms with Crippen LogP contribution in [0.5, 0.6) is 5.75 Å². The van der Waals surface area contributed by atoms with Gasteiger partial charge in [-0.05, 0) is 29.8 Å². The molecule has 8 heteroatoms. The number of aromatic nitrogens is 2. The molecule has 24 heavy (non-hydrogen) atoms. The first-order valence-electron chi connectivity index (χ1n) is 6.99. The molecule has 0 aliphatic rings. The van der Waals surface area contributed by atoms with Gasteiger partial charge in [0.25, 0.3) is 0 Å². The maximum atomic E-state index is 12.7. The lowest BCUT2D eigenvalue weighted by Crippen LogP contribution is -2.04. The van der Waals surface area contributed by atoms with Crippen molar-refractivity contribution in [2.75, 3.05) is 12.8 Å². The van der Waals surface area contributed by atoms with Crippen molar-refractivity contribution in [2.24, 2.45) is 0 Å². The summed E-state index contributed by atoms with van der Waals surface area (Å²) in [5.41, 5.74) is 7.56. The molecule has 0 atom stereocenters. The molecule has 3 rings (SSSR count). The third-order valence-corrected chi connectivity index (χ3v) is 4.45. The topological polar surface area (TPSA) is 63.9 Å². The number of ether oxygens (including phenoxy) is 1. The number of nitrogens with one attached hydrogen (secondary N) is 1. The quantitative estimate of drug-likeness (QED) is 0.537. The Labute approximate surface area is 140 Å². The fourth-order valence-electron chi connectivity index (χ4n) is 2.27. The molecule has 0 fully saturated rings. The van der Waals surface area contributed by atoms with Crippen LogP contribution in [-0.2, 0) is 11.9 Å². The molecule has 0 spiro atoms. The van der Waals surface area contributed by atoms with Crippen molar-refractivity contribution >= 4 is 28.5 Å². The van der Waals surface area contributed by atoms with Gasteiger partial charge in [-0.15, -0.1) is 0 Å². The van der Waals surface area contributed by atoms with Crippen LogP contribution in [0.4, 0.5) is 18.9 Å². The maximum Gasteiger partial charge on any atom is 0.416 e. The molecular weight excluding hydrogens is 339 g/mol. The number of hydrogen-bond acceptors (Lipinski definition) is 4. The summed E-state index contributed by atoms with van der Waals surface area (Å²) >= 11 is 1.36. The van der Waals surface area contributed by atoms with Crippen molar-refractivity contribution in [3.63, 3.8) is 0 Å². The molecule has 0 saturated carbocycles. The van der Waals surface area contributed by atoms with E-state index in [4.69, 9.17) is 10.5 Å². The number of para-hydroxylation sites is 1. The van der Waals surface area contributed by atoms with Crippen molar-refractivity contribution in [3.05, 3.63) is 47.5 Å². The summed E-state index contributed by atoms with van der Waals surface area (Å²) in [7, 11) is 1.54. The van der Waals surface area contributed by atoms with E-state index in [9.17, 15) is 13.2 Å². The van der Waals surface area contributed by atoms with Gasteiger partial charge in [0.2, 0.25) is 0 Å². The first-order valence-corrected chi connectivity index (χ1v) is 7.98. The zero-order valence-corrected chi connectivity index (χ0v) is 13.5. The third-order valence-electron chi connectivity index (χ3n) is 3.53. The van der Waals surface area contributed by atoms with E-state index in [0.717, 1.165) is 17.7 Å². The molecule has 0 saturated heterocycles. The van der Waals surface area contributed by atoms with E-state index in [1.807, 2.05) is 12.1 Å². The molecule has 0 amide bonds. The molecule has 1 aromatic heterocycles. The lowest BCUT2D eigenvalue weighted by Gasteiger charge is -2.08. The molecule has 3 N–H and O–H groups in total. The number of nitrogens with two attached hydrogens (primary N) is 1. The lowest BCUT2D eigenvalue weighted by atomic mass is 10.2. The minimum absolute atomic E-state index is 0.353. The van der Waals surface area contributed by atoms with Crippen molar-refractivity contribution in [2.45, 2.75) is 17.1 Å². The fraction of sp³-hybridized carbons (Fsp3) is 0.188. The summed E-state index contributed by atoms with van der Waals surface area (Å²) in [6.45, 7) is 0. The number of nitrogen functional groups attached to an aromatic ring is 1. The fourth-order valence-corrected chi connectivity index (χ4v) is 3.16. The second kappa shape index (κ2) is 6.27. The van der Waals surface area contributed by atoms with Crippen molar-refractivity contribution in [3.8, 4) is 5.75 Å². The molecule has 2 aromatic carbocycles. The predicted octanol–water partition coefficient (Wildman–Crippen LogP) is 4.46. The number of alkyl halides is 3. The van der Waals surface area contributed by atoms with Gasteiger partial charge >= 0.3 is 6.18 Å². The number of fused-ring (bicyclic) bond motifs is 1. The van der Waals surface area contributed by atoms with Gasteiger partial charge in [0.1, 0.15) is 5.75 Å². The highest BCUT2D eigenvalue weighted by molar-refractivity contribution is 7.98. The van der Waals surface area contributed by atoms with Gasteiger partial charge in [0, 0.05) is 5.75 Å². The molecular formula is C16H14F3N3OS. The molecule has 0 aliphatic heterocycles. The predicted molar refractivity (Wildman–Crippen MR) is 88.1 cm³/mol. The van der Waals surface area contributed by atoms with E-state index in [2.05, 4.69) is 9.97 Å². The highest BCUT2D eigenvalue weighted by Crippen LogP contribution is 2.33. The Kier molecular flexibility index (Phi) is 4.31. The van der Waals surface area contributed by atoms with Gasteiger partial charge in [-0.25, -0.2) is 4.98 Å². The number of thioether (sulfide) groups is 1. The molecule has 3 aromatic rings. The second-order valence-corrected chi connectivity index (χ2v) is 6.06. The first-order chi connectivity index (χ1) is 11.4. The van der Waals surface area contributed by atoms with Gasteiger partial charge in [-0.1, -0.05) is 23.9 Å². The first kappa shape index (κ1) is 16.5. The summed E-state index contributed by atoms with van der Waals surface area (Å²) in [6.07, 6.45) is -4.37. The van der Waals surface area contributed by atoms with Crippen LogP contribution < -0.4 is 10.5 Å². The van der Waals surface area contributed by atoms with Crippen LogP contribution in [0, 0.1) is 0 Å². The van der Waals surface area contributed by atoms with Crippen LogP contribution in [0.1, 0.15) is 11.1 Å². The number of halogens is 3. The summed E-state index contributed by atoms with van der Waals surface area (Å²) in [6, 6.07) is 8.92. The Morgan fingerprint density at radius 1 is 1.25 bits per heavy atom. The van der Waals surface area contributed by atoms with Crippen LogP contribution >= 0.6 is 11.8 Å². The van der Waals surface area contributed by atoms with Crippen LogP contribution in [0.2, 0.25) is 0 Å². The Hall–Kier alpha value is -2.35. The number of rotatable bonds is 4. The normalized spacial score (nSPS) is 11.8. The van der Waals surface area contributed by atoms with E-state index in [1.165, 1.54) is 17.8 Å². The molecule has 0 radical (unpaired) electrons. The van der Waals surface area contributed by atoms with Gasteiger partial charge in [-0.3, -0.25) is 0 Å². The van der Waals surface area contributed by atoms with Crippen molar-refractivity contribution < 1.29 is 17.9 Å². The average Bonchev–Trinajstić information content (AvgIpc) is 2.95. The molecule has 0 bridgehead atoms. The number of benzene rings is 2. The number of methoxy groups -OCH3 is 1. The van der Waals surface area contributed by atoms with Crippen molar-refractivity contribution in [1.29, 1.82) is 0 Å². The van der Waals surface area contributed by atoms with E-state index in [-0.39, 0.29) is 0 Å². The molecule has 4 nitrogen and oxygen atoms in total. The third kappa shape index (κ3) is 3.28. The molecule has 0 aliphatic carbocycles. The van der Waals surface area contributed by atoms with Gasteiger partial charge in [0.15, 0.2) is 5.16 Å². The number of anilines is 1. The molecule has 0 unspecified atom stereocenters. The Balaban J connectivity index is 1.81. The van der Waals surface area contributed by atoms with Gasteiger partial charge in [0.05, 0.1) is 29.4 Å². The maximum absolute atomic E-state index is 12.7. The second-order valence-electron chi connectivity index (χ2n) is 5.09. The molecule has 1 heterocycles. The Morgan fingerprint density at radius 2 is 2.04 bits per heavy atom. The summed E-state index contributed by atoms with van der Waals surface area (Å²) in [4.78, 5) is 7.20. The highest BCUT2D eigenvalue weighted by atomic mass is 32.2. The standard InChI is InChI=1S/C16H14F3N3OS/c1-23-13-4-2-3-9(14(13)20)8-24-15-21-11-6-5-10(16(17,18)19)7-12(11)22-15/h2-7H,8,20H2,1H3,(H,21,22). The smallest absolute Gasteiger partial charge is 0.416 e. The van der Waals surface area contributed by atoms with Crippen LogP contribution in [0.3, 0.4) is 0 Å². The number of H-pyrrole nitrogens is 1. The van der Waals surface area contributed by atoms with Crippen LogP contribution in [0.25, 0.3) is 11.0 Å². The Morgan fingerprint density at radius 3 is 2.75 bits per heavy atom. The summed E-state index contributed by atoms with van der Waals surface area (Å²) in [5, 5.41) is 0.534. The van der Waals surface area contributed by atoms with E-state index in [1.54, 1.807) is 13.2 Å². The number of aromatic amines is 1. The number of nitrogens with zero attached hydrogens (tertiary/aromatic N) is 1. The zero-order valence-electron chi connectivity index (χ0n) is 12.6. The zero-order chi connectivity index (χ0) is 17.3. The van der Waals surface area contributed by atoms with Crippen LogP contribution in [0.15, 0.2) is 41.6 Å². The van der Waals surface area contributed by atoms with Gasteiger partial charge < -0.3 is 15.5 Å². The van der Waals surface area contributed by atoms with E-state index >= 15 is 0 Å². The SMILES string of the molecule is COc1cccc(CSc2nc3ccc(C(F)(F)F)cc3[nH]2)c1N. The van der Waals surface area contributed by atoms with E-state index < -0.39 is 11.7 Å². The number of hydrogen-bond donors (Lipinski definition) is 2. The monoisotopic (exact) mass is 353 g/mol. The van der Waals surface area contributed by atoms with Crippen molar-refractivity contribution in [1.82, 2.24) is 9.97 Å². The van der Waals surface area contributed by atoms with Gasteiger partial charge in [-0.2, -0.15) is 13.2 Å². The summed E-state index contributed by atoms with van der Waals surface area (Å²) < 4.78 is 43.4. The lowest BCUT2D eigenvalue weighted by molar-refractivity contribution is -0.137.